The fourth-order valence-electron chi connectivity index (χ4n) is 5.52. The molecule has 148 valence electrons. The molecule has 1 saturated carbocycles. The standard InChI is InChI=1S/C24H35NO2/c1-2-3-10-19(26)15-17-12-13-22-21(16-17)24-20(11-7-14-27-24)23(25-22)18-8-5-4-6-9-18/h12-13,16,18,20,23-25H,2-11,14-15H2,1H3/t20-,23-,24-/m0/s1. The van der Waals surface area contributed by atoms with Gasteiger partial charge in [0, 0.05) is 42.7 Å². The highest BCUT2D eigenvalue weighted by Gasteiger charge is 2.42. The van der Waals surface area contributed by atoms with Crippen molar-refractivity contribution in [3.8, 4) is 0 Å². The van der Waals surface area contributed by atoms with E-state index in [1.54, 1.807) is 0 Å². The van der Waals surface area contributed by atoms with E-state index < -0.39 is 0 Å². The van der Waals surface area contributed by atoms with Gasteiger partial charge in [0.2, 0.25) is 0 Å². The Bertz CT molecular complexity index is 650. The summed E-state index contributed by atoms with van der Waals surface area (Å²) in [6, 6.07) is 7.17. The number of Topliss-reactive ketones (excluding diaryl/α,β-unsaturated/α-hetero) is 1. The van der Waals surface area contributed by atoms with Crippen LogP contribution in [-0.4, -0.2) is 18.4 Å². The van der Waals surface area contributed by atoms with E-state index in [1.165, 1.54) is 56.2 Å². The molecule has 27 heavy (non-hydrogen) atoms. The molecule has 1 aliphatic carbocycles. The molecule has 3 aliphatic rings. The molecule has 0 aromatic heterocycles. The summed E-state index contributed by atoms with van der Waals surface area (Å²) in [4.78, 5) is 12.2. The molecule has 1 aromatic carbocycles. The number of fused-ring (bicyclic) bond motifs is 3. The number of nitrogens with one attached hydrogen (secondary N) is 1. The number of anilines is 1. The first-order valence-electron chi connectivity index (χ1n) is 11.3. The second-order valence-corrected chi connectivity index (χ2v) is 8.91. The van der Waals surface area contributed by atoms with E-state index in [0.29, 0.717) is 30.6 Å². The lowest BCUT2D eigenvalue weighted by atomic mass is 9.71. The van der Waals surface area contributed by atoms with E-state index in [0.717, 1.165) is 30.9 Å². The summed E-state index contributed by atoms with van der Waals surface area (Å²) in [5.74, 6) is 1.73. The number of hydrogen-bond donors (Lipinski definition) is 1. The van der Waals surface area contributed by atoms with Gasteiger partial charge in [0.25, 0.3) is 0 Å². The summed E-state index contributed by atoms with van der Waals surface area (Å²) in [5.41, 5.74) is 3.70. The molecule has 3 heteroatoms. The van der Waals surface area contributed by atoms with Gasteiger partial charge >= 0.3 is 0 Å². The molecule has 2 aliphatic heterocycles. The molecule has 1 saturated heterocycles. The molecule has 0 unspecified atom stereocenters. The van der Waals surface area contributed by atoms with Crippen molar-refractivity contribution in [2.24, 2.45) is 11.8 Å². The molecule has 2 heterocycles. The van der Waals surface area contributed by atoms with Gasteiger partial charge in [0.05, 0.1) is 6.10 Å². The van der Waals surface area contributed by atoms with Crippen molar-refractivity contribution in [2.75, 3.05) is 11.9 Å². The maximum absolute atomic E-state index is 12.2. The zero-order chi connectivity index (χ0) is 18.6. The lowest BCUT2D eigenvalue weighted by molar-refractivity contribution is -0.118. The number of carbonyl (C=O) groups excluding carboxylic acids is 1. The summed E-state index contributed by atoms with van der Waals surface area (Å²) in [5, 5.41) is 3.92. The highest BCUT2D eigenvalue weighted by Crippen LogP contribution is 2.47. The molecule has 3 atom stereocenters. The van der Waals surface area contributed by atoms with Crippen LogP contribution < -0.4 is 5.32 Å². The van der Waals surface area contributed by atoms with Crippen LogP contribution in [-0.2, 0) is 16.0 Å². The van der Waals surface area contributed by atoms with Crippen LogP contribution in [0.5, 0.6) is 0 Å². The first kappa shape index (κ1) is 19.0. The van der Waals surface area contributed by atoms with Gasteiger partial charge in [-0.05, 0) is 49.7 Å². The smallest absolute Gasteiger partial charge is 0.137 e. The van der Waals surface area contributed by atoms with Crippen LogP contribution in [0.25, 0.3) is 0 Å². The third kappa shape index (κ3) is 4.23. The fourth-order valence-corrected chi connectivity index (χ4v) is 5.52. The third-order valence-electron chi connectivity index (χ3n) is 6.94. The lowest BCUT2D eigenvalue weighted by Gasteiger charge is -2.47. The van der Waals surface area contributed by atoms with Gasteiger partial charge in [-0.3, -0.25) is 4.79 Å². The Labute approximate surface area is 164 Å². The van der Waals surface area contributed by atoms with Crippen molar-refractivity contribution in [3.05, 3.63) is 29.3 Å². The average Bonchev–Trinajstić information content (AvgIpc) is 2.72. The number of ether oxygens (including phenoxy) is 1. The third-order valence-corrected chi connectivity index (χ3v) is 6.94. The quantitative estimate of drug-likeness (QED) is 0.685. The summed E-state index contributed by atoms with van der Waals surface area (Å²) in [6.45, 7) is 3.01. The van der Waals surface area contributed by atoms with Crippen molar-refractivity contribution >= 4 is 11.5 Å². The maximum atomic E-state index is 12.2. The Hall–Kier alpha value is -1.35. The largest absolute Gasteiger partial charge is 0.381 e. The van der Waals surface area contributed by atoms with Crippen LogP contribution in [0.15, 0.2) is 18.2 Å². The number of ketones is 1. The highest BCUT2D eigenvalue weighted by molar-refractivity contribution is 5.81. The first-order chi connectivity index (χ1) is 13.3. The molecule has 0 bridgehead atoms. The number of carbonyl (C=O) groups is 1. The molecule has 0 spiro atoms. The van der Waals surface area contributed by atoms with E-state index >= 15 is 0 Å². The summed E-state index contributed by atoms with van der Waals surface area (Å²) < 4.78 is 6.33. The highest BCUT2D eigenvalue weighted by atomic mass is 16.5. The summed E-state index contributed by atoms with van der Waals surface area (Å²) in [7, 11) is 0. The normalized spacial score (nSPS) is 28.1. The minimum absolute atomic E-state index is 0.215. The topological polar surface area (TPSA) is 38.3 Å². The molecule has 2 fully saturated rings. The Morgan fingerprint density at radius 1 is 1.15 bits per heavy atom. The SMILES string of the molecule is CCCCC(=O)Cc1ccc2c(c1)[C@H]1OCCC[C@H]1[C@H](C1CCCCC1)N2. The van der Waals surface area contributed by atoms with Crippen molar-refractivity contribution in [1.82, 2.24) is 0 Å². The van der Waals surface area contributed by atoms with Gasteiger partial charge in [0.15, 0.2) is 0 Å². The lowest BCUT2D eigenvalue weighted by Crippen LogP contribution is -2.46. The van der Waals surface area contributed by atoms with E-state index in [4.69, 9.17) is 4.74 Å². The van der Waals surface area contributed by atoms with Crippen LogP contribution in [0, 0.1) is 11.8 Å². The minimum atomic E-state index is 0.215. The number of rotatable bonds is 6. The van der Waals surface area contributed by atoms with Crippen molar-refractivity contribution in [2.45, 2.75) is 89.7 Å². The van der Waals surface area contributed by atoms with Crippen LogP contribution in [0.1, 0.15) is 88.4 Å². The summed E-state index contributed by atoms with van der Waals surface area (Å²) in [6.07, 6.45) is 12.9. The number of benzene rings is 1. The zero-order valence-corrected chi connectivity index (χ0v) is 16.8. The molecule has 0 radical (unpaired) electrons. The Morgan fingerprint density at radius 2 is 2.00 bits per heavy atom. The van der Waals surface area contributed by atoms with Gasteiger partial charge in [-0.2, -0.15) is 0 Å². The van der Waals surface area contributed by atoms with Crippen LogP contribution >= 0.6 is 0 Å². The molecule has 0 amide bonds. The van der Waals surface area contributed by atoms with Crippen LogP contribution in [0.3, 0.4) is 0 Å². The predicted molar refractivity (Wildman–Crippen MR) is 110 cm³/mol. The van der Waals surface area contributed by atoms with E-state index in [9.17, 15) is 4.79 Å². The molecule has 4 rings (SSSR count). The first-order valence-corrected chi connectivity index (χ1v) is 11.3. The molecule has 1 aromatic rings. The monoisotopic (exact) mass is 369 g/mol. The molecule has 3 nitrogen and oxygen atoms in total. The van der Waals surface area contributed by atoms with Gasteiger partial charge in [-0.1, -0.05) is 44.7 Å². The van der Waals surface area contributed by atoms with Crippen molar-refractivity contribution in [1.29, 1.82) is 0 Å². The van der Waals surface area contributed by atoms with Gasteiger partial charge in [-0.25, -0.2) is 0 Å². The number of hydrogen-bond acceptors (Lipinski definition) is 3. The minimum Gasteiger partial charge on any atom is -0.381 e. The fraction of sp³-hybridized carbons (Fsp3) is 0.708. The second-order valence-electron chi connectivity index (χ2n) is 8.91. The Kier molecular flexibility index (Phi) is 6.17. The summed E-state index contributed by atoms with van der Waals surface area (Å²) >= 11 is 0. The Balaban J connectivity index is 1.55. The van der Waals surface area contributed by atoms with Crippen molar-refractivity contribution in [3.63, 3.8) is 0 Å². The average molecular weight is 370 g/mol. The maximum Gasteiger partial charge on any atom is 0.137 e. The zero-order valence-electron chi connectivity index (χ0n) is 16.8. The molecular weight excluding hydrogens is 334 g/mol. The Morgan fingerprint density at radius 3 is 2.81 bits per heavy atom. The molecular formula is C24H35NO2. The van der Waals surface area contributed by atoms with Gasteiger partial charge in [0.1, 0.15) is 5.78 Å². The van der Waals surface area contributed by atoms with Crippen LogP contribution in [0.2, 0.25) is 0 Å². The van der Waals surface area contributed by atoms with E-state index in [1.807, 2.05) is 0 Å². The van der Waals surface area contributed by atoms with Gasteiger partial charge in [-0.15, -0.1) is 0 Å². The predicted octanol–water partition coefficient (Wildman–Crippen LogP) is 5.83. The van der Waals surface area contributed by atoms with Crippen molar-refractivity contribution < 1.29 is 9.53 Å². The molecule has 1 N–H and O–H groups in total. The van der Waals surface area contributed by atoms with Crippen LogP contribution in [0.4, 0.5) is 5.69 Å². The second kappa shape index (κ2) is 8.77. The number of unbranched alkanes of at least 4 members (excludes halogenated alkanes) is 1. The van der Waals surface area contributed by atoms with Gasteiger partial charge < -0.3 is 10.1 Å². The van der Waals surface area contributed by atoms with E-state index in [-0.39, 0.29) is 6.10 Å². The van der Waals surface area contributed by atoms with E-state index in [2.05, 4.69) is 30.4 Å².